The van der Waals surface area contributed by atoms with Crippen molar-refractivity contribution >= 4 is 29.3 Å². The van der Waals surface area contributed by atoms with Crippen LogP contribution in [0.1, 0.15) is 48.1 Å². The van der Waals surface area contributed by atoms with E-state index in [4.69, 9.17) is 21.4 Å². The van der Waals surface area contributed by atoms with Crippen LogP contribution < -0.4 is 10.1 Å². The number of carboxylic acids is 1. The van der Waals surface area contributed by atoms with Gasteiger partial charge >= 0.3 is 5.97 Å². The Morgan fingerprint density at radius 2 is 1.86 bits per heavy atom. The average Bonchev–Trinajstić information content (AvgIpc) is 2.65. The quantitative estimate of drug-likeness (QED) is 0.461. The second-order valence-electron chi connectivity index (χ2n) is 6.31. The molecule has 0 fully saturated rings. The van der Waals surface area contributed by atoms with Crippen molar-refractivity contribution < 1.29 is 24.2 Å². The molecule has 6 nitrogen and oxygen atoms in total. The van der Waals surface area contributed by atoms with Crippen molar-refractivity contribution in [3.05, 3.63) is 64.7 Å². The number of hydrogen-bond donors (Lipinski definition) is 2. The van der Waals surface area contributed by atoms with Crippen LogP contribution in [0.5, 0.6) is 5.75 Å². The van der Waals surface area contributed by atoms with Crippen molar-refractivity contribution in [2.75, 3.05) is 6.61 Å². The minimum absolute atomic E-state index is 0.0449. The number of amides is 1. The molecule has 148 valence electrons. The lowest BCUT2D eigenvalue weighted by Gasteiger charge is -2.17. The van der Waals surface area contributed by atoms with E-state index in [0.717, 1.165) is 0 Å². The summed E-state index contributed by atoms with van der Waals surface area (Å²) in [4.78, 5) is 34.7. The molecule has 2 rings (SSSR count). The largest absolute Gasteiger partial charge is 0.494 e. The Bertz CT molecular complexity index is 835. The van der Waals surface area contributed by atoms with Gasteiger partial charge in [-0.25, -0.2) is 0 Å². The topological polar surface area (TPSA) is 92.7 Å². The maximum atomic E-state index is 12.2. The molecule has 2 aromatic rings. The number of ketones is 1. The fourth-order valence-corrected chi connectivity index (χ4v) is 2.74. The van der Waals surface area contributed by atoms with E-state index in [-0.39, 0.29) is 24.5 Å². The molecule has 1 unspecified atom stereocenters. The van der Waals surface area contributed by atoms with Gasteiger partial charge < -0.3 is 15.2 Å². The van der Waals surface area contributed by atoms with Crippen LogP contribution in [-0.2, 0) is 9.59 Å². The molecular weight excluding hydrogens is 382 g/mol. The zero-order chi connectivity index (χ0) is 20.5. The van der Waals surface area contributed by atoms with Crippen molar-refractivity contribution in [2.24, 2.45) is 0 Å². The van der Waals surface area contributed by atoms with Gasteiger partial charge in [0.1, 0.15) is 5.75 Å². The van der Waals surface area contributed by atoms with E-state index in [1.165, 1.54) is 6.92 Å². The van der Waals surface area contributed by atoms with Crippen LogP contribution in [0.25, 0.3) is 0 Å². The van der Waals surface area contributed by atoms with E-state index in [0.29, 0.717) is 34.9 Å². The first kappa shape index (κ1) is 21.4. The van der Waals surface area contributed by atoms with Crippen LogP contribution in [0.15, 0.2) is 48.5 Å². The van der Waals surface area contributed by atoms with Crippen LogP contribution >= 0.6 is 11.6 Å². The predicted octanol–water partition coefficient (Wildman–Crippen LogP) is 4.03. The second kappa shape index (κ2) is 10.5. The highest BCUT2D eigenvalue weighted by molar-refractivity contribution is 6.30. The number of ether oxygens (including phenoxy) is 1. The van der Waals surface area contributed by atoms with Gasteiger partial charge in [-0.15, -0.1) is 0 Å². The molecule has 0 bridgehead atoms. The van der Waals surface area contributed by atoms with Gasteiger partial charge in [-0.2, -0.15) is 0 Å². The lowest BCUT2D eigenvalue weighted by Crippen LogP contribution is -2.30. The molecule has 0 saturated carbocycles. The molecule has 2 aromatic carbocycles. The third-order valence-corrected chi connectivity index (χ3v) is 4.30. The van der Waals surface area contributed by atoms with E-state index in [9.17, 15) is 14.4 Å². The molecule has 28 heavy (non-hydrogen) atoms. The molecule has 0 heterocycles. The summed E-state index contributed by atoms with van der Waals surface area (Å²) >= 11 is 5.85. The van der Waals surface area contributed by atoms with Crippen LogP contribution in [0.4, 0.5) is 0 Å². The fourth-order valence-electron chi connectivity index (χ4n) is 2.62. The van der Waals surface area contributed by atoms with Crippen molar-refractivity contribution in [3.63, 3.8) is 0 Å². The fraction of sp³-hybridized carbons (Fsp3) is 0.286. The first-order chi connectivity index (χ1) is 13.3. The minimum atomic E-state index is -1.01. The Hall–Kier alpha value is -2.86. The van der Waals surface area contributed by atoms with E-state index in [1.54, 1.807) is 48.5 Å². The molecule has 0 aromatic heterocycles. The SMILES string of the molecule is CC(=O)c1cccc(OCCCC(=O)NC(CC(=O)O)c2ccc(Cl)cc2)c1. The normalized spacial score (nSPS) is 11.5. The lowest BCUT2D eigenvalue weighted by atomic mass is 10.0. The Morgan fingerprint density at radius 1 is 1.14 bits per heavy atom. The van der Waals surface area contributed by atoms with E-state index in [1.807, 2.05) is 0 Å². The Kier molecular flexibility index (Phi) is 8.02. The van der Waals surface area contributed by atoms with Crippen LogP contribution in [-0.4, -0.2) is 29.4 Å². The number of hydrogen-bond acceptors (Lipinski definition) is 4. The summed E-state index contributed by atoms with van der Waals surface area (Å²) < 4.78 is 5.57. The van der Waals surface area contributed by atoms with Gasteiger partial charge in [0.15, 0.2) is 5.78 Å². The molecule has 1 amide bonds. The van der Waals surface area contributed by atoms with Crippen molar-refractivity contribution in [1.82, 2.24) is 5.32 Å². The highest BCUT2D eigenvalue weighted by atomic mass is 35.5. The number of carbonyl (C=O) groups excluding carboxylic acids is 2. The van der Waals surface area contributed by atoms with Crippen LogP contribution in [0.3, 0.4) is 0 Å². The van der Waals surface area contributed by atoms with E-state index in [2.05, 4.69) is 5.32 Å². The number of carboxylic acid groups (broad SMARTS) is 1. The van der Waals surface area contributed by atoms with Crippen molar-refractivity contribution in [2.45, 2.75) is 32.2 Å². The smallest absolute Gasteiger partial charge is 0.305 e. The van der Waals surface area contributed by atoms with E-state index < -0.39 is 12.0 Å². The van der Waals surface area contributed by atoms with Crippen LogP contribution in [0.2, 0.25) is 5.02 Å². The van der Waals surface area contributed by atoms with Gasteiger partial charge in [-0.05, 0) is 43.2 Å². The third kappa shape index (κ3) is 7.04. The summed E-state index contributed by atoms with van der Waals surface area (Å²) in [5.74, 6) is -0.745. The number of benzene rings is 2. The summed E-state index contributed by atoms with van der Waals surface area (Å²) in [5, 5.41) is 12.4. The summed E-state index contributed by atoms with van der Waals surface area (Å²) in [7, 11) is 0. The molecule has 0 aliphatic carbocycles. The number of carbonyl (C=O) groups is 3. The van der Waals surface area contributed by atoms with Gasteiger partial charge in [0.2, 0.25) is 5.91 Å². The lowest BCUT2D eigenvalue weighted by molar-refractivity contribution is -0.137. The highest BCUT2D eigenvalue weighted by Gasteiger charge is 2.18. The molecule has 1 atom stereocenters. The van der Waals surface area contributed by atoms with Gasteiger partial charge in [0.25, 0.3) is 0 Å². The number of aliphatic carboxylic acids is 1. The molecule has 0 aliphatic heterocycles. The molecule has 0 aliphatic rings. The minimum Gasteiger partial charge on any atom is -0.494 e. The first-order valence-electron chi connectivity index (χ1n) is 8.85. The van der Waals surface area contributed by atoms with Gasteiger partial charge in [0, 0.05) is 17.0 Å². The molecule has 7 heteroatoms. The highest BCUT2D eigenvalue weighted by Crippen LogP contribution is 2.20. The molecule has 2 N–H and O–H groups in total. The molecule has 0 saturated heterocycles. The number of rotatable bonds is 10. The van der Waals surface area contributed by atoms with Crippen LogP contribution in [0, 0.1) is 0 Å². The second-order valence-corrected chi connectivity index (χ2v) is 6.74. The van der Waals surface area contributed by atoms with Gasteiger partial charge in [-0.3, -0.25) is 14.4 Å². The monoisotopic (exact) mass is 403 g/mol. The summed E-state index contributed by atoms with van der Waals surface area (Å²) in [6.45, 7) is 1.79. The zero-order valence-electron chi connectivity index (χ0n) is 15.5. The maximum Gasteiger partial charge on any atom is 0.305 e. The third-order valence-electron chi connectivity index (χ3n) is 4.04. The maximum absolute atomic E-state index is 12.2. The van der Waals surface area contributed by atoms with Crippen molar-refractivity contribution in [3.8, 4) is 5.75 Å². The Morgan fingerprint density at radius 3 is 2.50 bits per heavy atom. The first-order valence-corrected chi connectivity index (χ1v) is 9.23. The number of nitrogens with one attached hydrogen (secondary N) is 1. The molecular formula is C21H22ClNO5. The number of halogens is 1. The average molecular weight is 404 g/mol. The summed E-state index contributed by atoms with van der Waals surface area (Å²) in [6, 6.07) is 12.9. The summed E-state index contributed by atoms with van der Waals surface area (Å²) in [6.07, 6.45) is 0.425. The molecule has 0 radical (unpaired) electrons. The predicted molar refractivity (Wildman–Crippen MR) is 106 cm³/mol. The number of Topliss-reactive ketones (excluding diaryl/α,β-unsaturated/α-hetero) is 1. The standard InChI is InChI=1S/C21H22ClNO5/c1-14(24)16-4-2-5-18(12-16)28-11-3-6-20(25)23-19(13-21(26)27)15-7-9-17(22)10-8-15/h2,4-5,7-10,12,19H,3,6,11,13H2,1H3,(H,23,25)(H,26,27). The van der Waals surface area contributed by atoms with Gasteiger partial charge in [-0.1, -0.05) is 35.9 Å². The van der Waals surface area contributed by atoms with Gasteiger partial charge in [0.05, 0.1) is 19.1 Å². The Balaban J connectivity index is 1.84. The molecule has 0 spiro atoms. The zero-order valence-corrected chi connectivity index (χ0v) is 16.2. The summed E-state index contributed by atoms with van der Waals surface area (Å²) in [5.41, 5.74) is 1.24. The van der Waals surface area contributed by atoms with E-state index >= 15 is 0 Å². The van der Waals surface area contributed by atoms with Crippen molar-refractivity contribution in [1.29, 1.82) is 0 Å². The Labute approximate surface area is 168 Å².